The van der Waals surface area contributed by atoms with Crippen LogP contribution in [-0.2, 0) is 17.9 Å². The van der Waals surface area contributed by atoms with Gasteiger partial charge >= 0.3 is 0 Å². The number of rotatable bonds is 7. The molecule has 0 saturated carbocycles. The van der Waals surface area contributed by atoms with Gasteiger partial charge in [0, 0.05) is 50.2 Å². The number of carbonyl (C=O) groups is 1. The molecular formula is C21H27N3OS. The zero-order valence-corrected chi connectivity index (χ0v) is 16.2. The molecule has 0 spiro atoms. The first-order valence-electron chi connectivity index (χ1n) is 9.25. The molecule has 0 unspecified atom stereocenters. The van der Waals surface area contributed by atoms with E-state index in [-0.39, 0.29) is 5.91 Å². The number of carbonyl (C=O) groups excluding carboxylic acids is 1. The SMILES string of the molecule is CCN1CCN(Cc2ccc(CNC(=O)/C=C/c3cccs3)cc2)CC1. The number of nitrogens with one attached hydrogen (secondary N) is 1. The van der Waals surface area contributed by atoms with Crippen molar-refractivity contribution in [2.45, 2.75) is 20.0 Å². The normalized spacial score (nSPS) is 16.2. The highest BCUT2D eigenvalue weighted by Gasteiger charge is 2.15. The van der Waals surface area contributed by atoms with Crippen LogP contribution in [0, 0.1) is 0 Å². The summed E-state index contributed by atoms with van der Waals surface area (Å²) in [5.41, 5.74) is 2.46. The molecule has 3 rings (SSSR count). The van der Waals surface area contributed by atoms with Crippen molar-refractivity contribution < 1.29 is 4.79 Å². The second-order valence-corrected chi connectivity index (χ2v) is 7.57. The molecule has 1 fully saturated rings. The van der Waals surface area contributed by atoms with Crippen molar-refractivity contribution in [1.29, 1.82) is 0 Å². The van der Waals surface area contributed by atoms with Gasteiger partial charge in [-0.3, -0.25) is 9.69 Å². The summed E-state index contributed by atoms with van der Waals surface area (Å²) in [6, 6.07) is 12.6. The lowest BCUT2D eigenvalue weighted by Crippen LogP contribution is -2.45. The lowest BCUT2D eigenvalue weighted by atomic mass is 10.1. The minimum absolute atomic E-state index is 0.0590. The maximum absolute atomic E-state index is 11.9. The molecule has 1 aromatic heterocycles. The van der Waals surface area contributed by atoms with Gasteiger partial charge < -0.3 is 10.2 Å². The largest absolute Gasteiger partial charge is 0.348 e. The van der Waals surface area contributed by atoms with E-state index in [2.05, 4.69) is 46.3 Å². The average Bonchev–Trinajstić information content (AvgIpc) is 3.20. The molecule has 1 aliphatic rings. The Hall–Kier alpha value is -1.95. The Bertz CT molecular complexity index is 701. The second kappa shape index (κ2) is 9.67. The molecule has 26 heavy (non-hydrogen) atoms. The number of benzene rings is 1. The van der Waals surface area contributed by atoms with E-state index in [1.165, 1.54) is 18.7 Å². The fourth-order valence-electron chi connectivity index (χ4n) is 3.08. The molecule has 2 heterocycles. The van der Waals surface area contributed by atoms with Crippen LogP contribution in [0.3, 0.4) is 0 Å². The summed E-state index contributed by atoms with van der Waals surface area (Å²) >= 11 is 1.62. The van der Waals surface area contributed by atoms with Crippen LogP contribution in [0.1, 0.15) is 22.9 Å². The van der Waals surface area contributed by atoms with Crippen LogP contribution < -0.4 is 5.32 Å². The zero-order valence-electron chi connectivity index (χ0n) is 15.4. The first-order valence-corrected chi connectivity index (χ1v) is 10.1. The van der Waals surface area contributed by atoms with Crippen LogP contribution in [0.25, 0.3) is 6.08 Å². The van der Waals surface area contributed by atoms with E-state index >= 15 is 0 Å². The fourth-order valence-corrected chi connectivity index (χ4v) is 3.69. The molecule has 1 aliphatic heterocycles. The lowest BCUT2D eigenvalue weighted by Gasteiger charge is -2.34. The molecule has 1 amide bonds. The fraction of sp³-hybridized carbons (Fsp3) is 0.381. The van der Waals surface area contributed by atoms with Crippen molar-refractivity contribution in [3.63, 3.8) is 0 Å². The van der Waals surface area contributed by atoms with Crippen molar-refractivity contribution in [2.75, 3.05) is 32.7 Å². The number of thiophene rings is 1. The number of amides is 1. The molecule has 1 N–H and O–H groups in total. The van der Waals surface area contributed by atoms with Crippen molar-refractivity contribution >= 4 is 23.3 Å². The van der Waals surface area contributed by atoms with Crippen molar-refractivity contribution in [3.8, 4) is 0 Å². The van der Waals surface area contributed by atoms with Crippen LogP contribution in [0.4, 0.5) is 0 Å². The lowest BCUT2D eigenvalue weighted by molar-refractivity contribution is -0.116. The molecule has 0 bridgehead atoms. The Morgan fingerprint density at radius 2 is 1.77 bits per heavy atom. The summed E-state index contributed by atoms with van der Waals surface area (Å²) in [5, 5.41) is 4.94. The summed E-state index contributed by atoms with van der Waals surface area (Å²) in [6.07, 6.45) is 3.44. The van der Waals surface area contributed by atoms with Gasteiger partial charge in [-0.25, -0.2) is 0 Å². The van der Waals surface area contributed by atoms with Crippen LogP contribution in [0.5, 0.6) is 0 Å². The first kappa shape index (κ1) is 18.8. The summed E-state index contributed by atoms with van der Waals surface area (Å²) in [5.74, 6) is -0.0590. The maximum Gasteiger partial charge on any atom is 0.244 e. The highest BCUT2D eigenvalue weighted by atomic mass is 32.1. The Kier molecular flexibility index (Phi) is 7.00. The Labute approximate surface area is 160 Å². The van der Waals surface area contributed by atoms with Gasteiger partial charge in [0.1, 0.15) is 0 Å². The third-order valence-corrected chi connectivity index (χ3v) is 5.59. The smallest absolute Gasteiger partial charge is 0.244 e. The molecule has 5 heteroatoms. The predicted molar refractivity (Wildman–Crippen MR) is 109 cm³/mol. The van der Waals surface area contributed by atoms with Gasteiger partial charge in [0.25, 0.3) is 0 Å². The summed E-state index contributed by atoms with van der Waals surface area (Å²) in [7, 11) is 0. The van der Waals surface area contributed by atoms with Gasteiger partial charge in [-0.15, -0.1) is 11.3 Å². The molecule has 1 aromatic carbocycles. The third-order valence-electron chi connectivity index (χ3n) is 4.75. The highest BCUT2D eigenvalue weighted by Crippen LogP contribution is 2.11. The third kappa shape index (κ3) is 5.80. The van der Waals surface area contributed by atoms with Gasteiger partial charge in [0.2, 0.25) is 5.91 Å². The monoisotopic (exact) mass is 369 g/mol. The van der Waals surface area contributed by atoms with E-state index in [1.807, 2.05) is 23.6 Å². The van der Waals surface area contributed by atoms with Crippen molar-refractivity contribution in [2.24, 2.45) is 0 Å². The highest BCUT2D eigenvalue weighted by molar-refractivity contribution is 7.10. The Balaban J connectivity index is 1.42. The molecule has 1 saturated heterocycles. The van der Waals surface area contributed by atoms with Gasteiger partial charge in [-0.1, -0.05) is 37.3 Å². The summed E-state index contributed by atoms with van der Waals surface area (Å²) in [6.45, 7) is 9.56. The van der Waals surface area contributed by atoms with E-state index < -0.39 is 0 Å². The van der Waals surface area contributed by atoms with Gasteiger partial charge in [0.05, 0.1) is 0 Å². The number of nitrogens with zero attached hydrogens (tertiary/aromatic N) is 2. The topological polar surface area (TPSA) is 35.6 Å². The quantitative estimate of drug-likeness (QED) is 0.761. The molecular weight excluding hydrogens is 342 g/mol. The number of hydrogen-bond acceptors (Lipinski definition) is 4. The van der Waals surface area contributed by atoms with E-state index in [1.54, 1.807) is 17.4 Å². The molecule has 0 radical (unpaired) electrons. The minimum Gasteiger partial charge on any atom is -0.348 e. The number of hydrogen-bond donors (Lipinski definition) is 1. The van der Waals surface area contributed by atoms with Crippen LogP contribution in [0.2, 0.25) is 0 Å². The average molecular weight is 370 g/mol. The first-order chi connectivity index (χ1) is 12.7. The van der Waals surface area contributed by atoms with Gasteiger partial charge in [-0.05, 0) is 35.2 Å². The number of piperazine rings is 1. The molecule has 138 valence electrons. The molecule has 0 atom stereocenters. The van der Waals surface area contributed by atoms with E-state index in [0.29, 0.717) is 6.54 Å². The van der Waals surface area contributed by atoms with Crippen LogP contribution >= 0.6 is 11.3 Å². The van der Waals surface area contributed by atoms with E-state index in [9.17, 15) is 4.79 Å². The second-order valence-electron chi connectivity index (χ2n) is 6.59. The molecule has 2 aromatic rings. The van der Waals surface area contributed by atoms with Crippen LogP contribution in [0.15, 0.2) is 47.9 Å². The summed E-state index contributed by atoms with van der Waals surface area (Å²) in [4.78, 5) is 18.0. The van der Waals surface area contributed by atoms with E-state index in [0.717, 1.165) is 36.6 Å². The van der Waals surface area contributed by atoms with Crippen LogP contribution in [-0.4, -0.2) is 48.4 Å². The van der Waals surface area contributed by atoms with Crippen molar-refractivity contribution in [3.05, 3.63) is 63.9 Å². The van der Waals surface area contributed by atoms with Gasteiger partial charge in [0.15, 0.2) is 0 Å². The van der Waals surface area contributed by atoms with Gasteiger partial charge in [-0.2, -0.15) is 0 Å². The van der Waals surface area contributed by atoms with E-state index in [4.69, 9.17) is 0 Å². The Morgan fingerprint density at radius 1 is 1.08 bits per heavy atom. The zero-order chi connectivity index (χ0) is 18.2. The van der Waals surface area contributed by atoms with Crippen molar-refractivity contribution in [1.82, 2.24) is 15.1 Å². The summed E-state index contributed by atoms with van der Waals surface area (Å²) < 4.78 is 0. The maximum atomic E-state index is 11.9. The molecule has 4 nitrogen and oxygen atoms in total. The standard InChI is InChI=1S/C21H27N3OS/c1-2-23-11-13-24(14-12-23)17-19-7-5-18(6-8-19)16-22-21(25)10-9-20-4-3-15-26-20/h3-10,15H,2,11-14,16-17H2,1H3,(H,22,25)/b10-9+. The number of likely N-dealkylation sites (N-methyl/N-ethyl adjacent to an activating group) is 1. The Morgan fingerprint density at radius 3 is 2.42 bits per heavy atom. The predicted octanol–water partition coefficient (Wildman–Crippen LogP) is 3.22. The minimum atomic E-state index is -0.0590. The molecule has 0 aliphatic carbocycles.